The number of carbonyl (C=O) groups is 2. The Morgan fingerprint density at radius 1 is 1.50 bits per heavy atom. The molecule has 0 aliphatic heterocycles. The number of urea groups is 1. The maximum absolute atomic E-state index is 10.9. The van der Waals surface area contributed by atoms with Crippen LogP contribution in [0.1, 0.15) is 6.92 Å². The third kappa shape index (κ3) is 5.00. The number of aliphatic hydroxyl groups is 1. The minimum absolute atomic E-state index is 0.139. The van der Waals surface area contributed by atoms with E-state index in [1.165, 1.54) is 0 Å². The van der Waals surface area contributed by atoms with Crippen LogP contribution in [-0.2, 0) is 4.79 Å². The van der Waals surface area contributed by atoms with E-state index in [0.717, 1.165) is 0 Å². The highest BCUT2D eigenvalue weighted by Gasteiger charge is 2.17. The van der Waals surface area contributed by atoms with Crippen molar-refractivity contribution in [3.8, 4) is 11.8 Å². The maximum atomic E-state index is 10.9. The molecule has 6 heteroatoms. The van der Waals surface area contributed by atoms with Crippen LogP contribution in [0, 0.1) is 11.8 Å². The Labute approximate surface area is 81.3 Å². The van der Waals surface area contributed by atoms with Gasteiger partial charge in [-0.05, 0) is 6.92 Å². The molecule has 0 radical (unpaired) electrons. The lowest BCUT2D eigenvalue weighted by molar-refractivity contribution is -0.140. The summed E-state index contributed by atoms with van der Waals surface area (Å²) in [6, 6.07) is -1.96. The first-order valence-electron chi connectivity index (χ1n) is 3.89. The van der Waals surface area contributed by atoms with Gasteiger partial charge in [-0.1, -0.05) is 5.92 Å². The summed E-state index contributed by atoms with van der Waals surface area (Å²) < 4.78 is 0. The van der Waals surface area contributed by atoms with E-state index in [1.807, 2.05) is 0 Å². The van der Waals surface area contributed by atoms with Crippen molar-refractivity contribution in [3.05, 3.63) is 0 Å². The number of aliphatic carboxylic acids is 1. The summed E-state index contributed by atoms with van der Waals surface area (Å²) in [5, 5.41) is 21.4. The number of amides is 2. The molecule has 0 rings (SSSR count). The van der Waals surface area contributed by atoms with Gasteiger partial charge in [-0.25, -0.2) is 9.59 Å². The van der Waals surface area contributed by atoms with Gasteiger partial charge in [0, 0.05) is 0 Å². The highest BCUT2D eigenvalue weighted by Crippen LogP contribution is 1.81. The van der Waals surface area contributed by atoms with Crippen molar-refractivity contribution in [1.82, 2.24) is 10.6 Å². The molecule has 0 spiro atoms. The molecule has 0 saturated carbocycles. The summed E-state index contributed by atoms with van der Waals surface area (Å²) in [6.07, 6.45) is 0. The molecule has 0 aromatic rings. The molecule has 0 saturated heterocycles. The third-order valence-electron chi connectivity index (χ3n) is 1.30. The van der Waals surface area contributed by atoms with Crippen molar-refractivity contribution in [2.75, 3.05) is 13.2 Å². The summed E-state index contributed by atoms with van der Waals surface area (Å²) in [5.41, 5.74) is 0. The molecule has 1 atom stereocenters. The molecule has 78 valence electrons. The van der Waals surface area contributed by atoms with Crippen molar-refractivity contribution in [2.24, 2.45) is 0 Å². The van der Waals surface area contributed by atoms with E-state index in [0.29, 0.717) is 0 Å². The molecule has 4 N–H and O–H groups in total. The number of hydrogen-bond acceptors (Lipinski definition) is 3. The van der Waals surface area contributed by atoms with Crippen LogP contribution in [0.2, 0.25) is 0 Å². The molecule has 2 amide bonds. The van der Waals surface area contributed by atoms with Crippen molar-refractivity contribution in [1.29, 1.82) is 0 Å². The van der Waals surface area contributed by atoms with E-state index in [4.69, 9.17) is 10.2 Å². The zero-order valence-corrected chi connectivity index (χ0v) is 7.70. The summed E-state index contributed by atoms with van der Waals surface area (Å²) in [6.45, 7) is 1.11. The highest BCUT2D eigenvalue weighted by molar-refractivity contribution is 5.82. The molecule has 0 aliphatic carbocycles. The molecule has 6 nitrogen and oxygen atoms in total. The quantitative estimate of drug-likeness (QED) is 0.426. The number of hydrogen-bond donors (Lipinski definition) is 4. The van der Waals surface area contributed by atoms with Gasteiger partial charge in [-0.2, -0.15) is 0 Å². The predicted octanol–water partition coefficient (Wildman–Crippen LogP) is -1.25. The molecule has 0 unspecified atom stereocenters. The average molecular weight is 200 g/mol. The first kappa shape index (κ1) is 12.3. The third-order valence-corrected chi connectivity index (χ3v) is 1.30. The Kier molecular flexibility index (Phi) is 5.90. The van der Waals surface area contributed by atoms with Gasteiger partial charge in [0.1, 0.15) is 0 Å². The lowest BCUT2D eigenvalue weighted by Gasteiger charge is -2.11. The zero-order chi connectivity index (χ0) is 11.0. The summed E-state index contributed by atoms with van der Waals surface area (Å²) in [5.74, 6) is 3.83. The van der Waals surface area contributed by atoms with E-state index in [1.54, 1.807) is 6.92 Å². The van der Waals surface area contributed by atoms with Crippen LogP contribution in [-0.4, -0.2) is 41.4 Å². The highest BCUT2D eigenvalue weighted by atomic mass is 16.4. The van der Waals surface area contributed by atoms with Crippen LogP contribution in [0.4, 0.5) is 4.79 Å². The fraction of sp³-hybridized carbons (Fsp3) is 0.500. The van der Waals surface area contributed by atoms with Gasteiger partial charge < -0.3 is 20.8 Å². The van der Waals surface area contributed by atoms with Crippen molar-refractivity contribution >= 4 is 12.0 Å². The van der Waals surface area contributed by atoms with Gasteiger partial charge in [0.25, 0.3) is 0 Å². The largest absolute Gasteiger partial charge is 0.480 e. The normalized spacial score (nSPS) is 10.7. The van der Waals surface area contributed by atoms with Crippen LogP contribution < -0.4 is 10.6 Å². The number of nitrogens with one attached hydrogen (secondary N) is 2. The van der Waals surface area contributed by atoms with Gasteiger partial charge in [-0.3, -0.25) is 0 Å². The molecule has 0 aliphatic rings. The standard InChI is InChI=1S/C8H12N2O4/c1-2-3-4-9-8(14)10-6(5-11)7(12)13/h6,11H,4-5H2,1H3,(H,12,13)(H2,9,10,14)/t6-/m0/s1. The van der Waals surface area contributed by atoms with Crippen LogP contribution in [0.3, 0.4) is 0 Å². The molecule has 14 heavy (non-hydrogen) atoms. The minimum atomic E-state index is -1.29. The van der Waals surface area contributed by atoms with Crippen LogP contribution in [0.25, 0.3) is 0 Å². The van der Waals surface area contributed by atoms with Gasteiger partial charge in [0.05, 0.1) is 13.2 Å². The van der Waals surface area contributed by atoms with Crippen molar-refractivity contribution < 1.29 is 19.8 Å². The zero-order valence-electron chi connectivity index (χ0n) is 7.70. The van der Waals surface area contributed by atoms with Crippen molar-refractivity contribution in [3.63, 3.8) is 0 Å². The topological polar surface area (TPSA) is 98.7 Å². The Balaban J connectivity index is 3.89. The molecule has 0 bridgehead atoms. The van der Waals surface area contributed by atoms with Crippen LogP contribution in [0.15, 0.2) is 0 Å². The van der Waals surface area contributed by atoms with E-state index < -0.39 is 24.6 Å². The summed E-state index contributed by atoms with van der Waals surface area (Å²) >= 11 is 0. The molecule has 0 heterocycles. The molecular formula is C8H12N2O4. The second kappa shape index (κ2) is 6.74. The second-order valence-corrected chi connectivity index (χ2v) is 2.33. The van der Waals surface area contributed by atoms with Crippen LogP contribution in [0.5, 0.6) is 0 Å². The van der Waals surface area contributed by atoms with Crippen molar-refractivity contribution in [2.45, 2.75) is 13.0 Å². The first-order valence-corrected chi connectivity index (χ1v) is 3.89. The Hall–Kier alpha value is -1.74. The monoisotopic (exact) mass is 200 g/mol. The van der Waals surface area contributed by atoms with E-state index in [-0.39, 0.29) is 6.54 Å². The molecule has 0 aromatic carbocycles. The SMILES string of the molecule is CC#CCNC(=O)N[C@@H](CO)C(=O)O. The Morgan fingerprint density at radius 3 is 2.57 bits per heavy atom. The summed E-state index contributed by atoms with van der Waals surface area (Å²) in [7, 11) is 0. The second-order valence-electron chi connectivity index (χ2n) is 2.33. The Bertz CT molecular complexity index is 266. The lowest BCUT2D eigenvalue weighted by Crippen LogP contribution is -2.47. The molecular weight excluding hydrogens is 188 g/mol. The number of carboxylic acid groups (broad SMARTS) is 1. The van der Waals surface area contributed by atoms with Gasteiger partial charge >= 0.3 is 12.0 Å². The number of carboxylic acids is 1. The lowest BCUT2D eigenvalue weighted by atomic mass is 10.3. The van der Waals surface area contributed by atoms with Gasteiger partial charge in [0.2, 0.25) is 0 Å². The molecule has 0 fully saturated rings. The van der Waals surface area contributed by atoms with E-state index in [2.05, 4.69) is 22.5 Å². The average Bonchev–Trinajstić information content (AvgIpc) is 2.14. The smallest absolute Gasteiger partial charge is 0.328 e. The van der Waals surface area contributed by atoms with Crippen LogP contribution >= 0.6 is 0 Å². The van der Waals surface area contributed by atoms with Gasteiger partial charge in [0.15, 0.2) is 6.04 Å². The number of aliphatic hydroxyl groups excluding tert-OH is 1. The molecule has 0 aromatic heterocycles. The predicted molar refractivity (Wildman–Crippen MR) is 48.5 cm³/mol. The number of carbonyl (C=O) groups excluding carboxylic acids is 1. The van der Waals surface area contributed by atoms with E-state index >= 15 is 0 Å². The fourth-order valence-corrected chi connectivity index (χ4v) is 0.608. The maximum Gasteiger partial charge on any atom is 0.328 e. The fourth-order valence-electron chi connectivity index (χ4n) is 0.608. The Morgan fingerprint density at radius 2 is 2.14 bits per heavy atom. The van der Waals surface area contributed by atoms with E-state index in [9.17, 15) is 9.59 Å². The minimum Gasteiger partial charge on any atom is -0.480 e. The summed E-state index contributed by atoms with van der Waals surface area (Å²) in [4.78, 5) is 21.3. The first-order chi connectivity index (χ1) is 6.61. The van der Waals surface area contributed by atoms with Gasteiger partial charge in [-0.15, -0.1) is 5.92 Å². The number of rotatable bonds is 4.